The van der Waals surface area contributed by atoms with Crippen LogP contribution >= 0.6 is 11.8 Å². The largest absolute Gasteiger partial charge is 0.369 e. The van der Waals surface area contributed by atoms with Crippen molar-refractivity contribution in [3.05, 3.63) is 24.3 Å². The van der Waals surface area contributed by atoms with Gasteiger partial charge in [-0.2, -0.15) is 8.78 Å². The predicted molar refractivity (Wildman–Crippen MR) is 60.9 cm³/mol. The number of imidazole rings is 1. The van der Waals surface area contributed by atoms with E-state index in [-0.39, 0.29) is 10.9 Å². The van der Waals surface area contributed by atoms with Gasteiger partial charge in [0.05, 0.1) is 16.8 Å². The van der Waals surface area contributed by atoms with Gasteiger partial charge in [0, 0.05) is 0 Å². The minimum atomic E-state index is -2.70. The highest BCUT2D eigenvalue weighted by Gasteiger charge is 2.18. The van der Waals surface area contributed by atoms with E-state index < -0.39 is 12.5 Å². The summed E-state index contributed by atoms with van der Waals surface area (Å²) in [6, 6.07) is 6.57. The number of alkyl halides is 2. The van der Waals surface area contributed by atoms with Crippen LogP contribution in [0.15, 0.2) is 29.4 Å². The Bertz CT molecular complexity index is 555. The Morgan fingerprint density at radius 2 is 2.18 bits per heavy atom. The molecule has 0 unspecified atom stereocenters. The van der Waals surface area contributed by atoms with Crippen LogP contribution in [0.1, 0.15) is 6.55 Å². The van der Waals surface area contributed by atoms with Gasteiger partial charge >= 0.3 is 6.55 Å². The molecule has 0 radical (unpaired) electrons. The normalized spacial score (nSPS) is 11.2. The smallest absolute Gasteiger partial charge is 0.321 e. The van der Waals surface area contributed by atoms with Crippen molar-refractivity contribution in [1.82, 2.24) is 9.55 Å². The van der Waals surface area contributed by atoms with E-state index in [9.17, 15) is 13.6 Å². The molecule has 0 aliphatic carbocycles. The van der Waals surface area contributed by atoms with E-state index in [1.807, 2.05) is 0 Å². The van der Waals surface area contributed by atoms with Gasteiger partial charge in [-0.1, -0.05) is 23.9 Å². The summed E-state index contributed by atoms with van der Waals surface area (Å²) in [7, 11) is 0. The van der Waals surface area contributed by atoms with E-state index in [1.165, 1.54) is 0 Å². The van der Waals surface area contributed by atoms with E-state index in [4.69, 9.17) is 5.73 Å². The van der Waals surface area contributed by atoms with Gasteiger partial charge in [-0.15, -0.1) is 0 Å². The lowest BCUT2D eigenvalue weighted by Gasteiger charge is -2.05. The van der Waals surface area contributed by atoms with Crippen LogP contribution in [0.5, 0.6) is 0 Å². The van der Waals surface area contributed by atoms with Crippen molar-refractivity contribution in [2.45, 2.75) is 11.7 Å². The number of hydrogen-bond donors (Lipinski definition) is 1. The number of halogens is 2. The SMILES string of the molecule is NC(=O)CSc1nc2ccccc2n1C(F)F. The number of aromatic nitrogens is 2. The molecule has 0 bridgehead atoms. The van der Waals surface area contributed by atoms with Crippen LogP contribution in [0.25, 0.3) is 11.0 Å². The molecule has 17 heavy (non-hydrogen) atoms. The molecule has 90 valence electrons. The summed E-state index contributed by atoms with van der Waals surface area (Å²) in [4.78, 5) is 14.7. The van der Waals surface area contributed by atoms with Gasteiger partial charge in [-0.3, -0.25) is 9.36 Å². The first-order chi connectivity index (χ1) is 8.09. The Kier molecular flexibility index (Phi) is 3.28. The number of para-hydroxylation sites is 2. The second kappa shape index (κ2) is 4.70. The van der Waals surface area contributed by atoms with Crippen molar-refractivity contribution < 1.29 is 13.6 Å². The molecule has 0 aliphatic heterocycles. The molecule has 1 aromatic heterocycles. The quantitative estimate of drug-likeness (QED) is 0.852. The molecule has 0 fully saturated rings. The van der Waals surface area contributed by atoms with E-state index >= 15 is 0 Å². The first-order valence-corrected chi connectivity index (χ1v) is 5.74. The summed E-state index contributed by atoms with van der Waals surface area (Å²) in [6.45, 7) is -2.70. The second-order valence-electron chi connectivity index (χ2n) is 3.29. The van der Waals surface area contributed by atoms with Crippen LogP contribution in [-0.4, -0.2) is 21.2 Å². The second-order valence-corrected chi connectivity index (χ2v) is 4.23. The first-order valence-electron chi connectivity index (χ1n) is 4.76. The van der Waals surface area contributed by atoms with Gasteiger partial charge in [0.25, 0.3) is 0 Å². The zero-order valence-electron chi connectivity index (χ0n) is 8.64. The van der Waals surface area contributed by atoms with Crippen LogP contribution in [0.4, 0.5) is 8.78 Å². The van der Waals surface area contributed by atoms with Crippen molar-refractivity contribution in [2.24, 2.45) is 5.73 Å². The number of carbonyl (C=O) groups is 1. The fourth-order valence-electron chi connectivity index (χ4n) is 1.45. The molecule has 0 spiro atoms. The molecule has 1 heterocycles. The minimum absolute atomic E-state index is 0.0734. The zero-order chi connectivity index (χ0) is 12.4. The molecular formula is C10H9F2N3OS. The standard InChI is InChI=1S/C10H9F2N3OS/c11-9(12)15-7-4-2-1-3-6(7)14-10(15)17-5-8(13)16/h1-4,9H,5H2,(H2,13,16). The number of amides is 1. The van der Waals surface area contributed by atoms with Gasteiger partial charge in [0.15, 0.2) is 5.16 Å². The summed E-state index contributed by atoms with van der Waals surface area (Å²) < 4.78 is 26.6. The molecule has 0 aliphatic rings. The summed E-state index contributed by atoms with van der Waals surface area (Å²) in [6.07, 6.45) is 0. The van der Waals surface area contributed by atoms with E-state index in [2.05, 4.69) is 4.98 Å². The van der Waals surface area contributed by atoms with Gasteiger partial charge in [-0.05, 0) is 12.1 Å². The number of carbonyl (C=O) groups excluding carboxylic acids is 1. The van der Waals surface area contributed by atoms with Crippen LogP contribution in [0.2, 0.25) is 0 Å². The average molecular weight is 257 g/mol. The van der Waals surface area contributed by atoms with Crippen molar-refractivity contribution in [3.8, 4) is 0 Å². The van der Waals surface area contributed by atoms with E-state index in [0.29, 0.717) is 11.0 Å². The van der Waals surface area contributed by atoms with Gasteiger partial charge in [0.2, 0.25) is 5.91 Å². The van der Waals surface area contributed by atoms with Gasteiger partial charge in [-0.25, -0.2) is 4.98 Å². The van der Waals surface area contributed by atoms with Gasteiger partial charge in [0.1, 0.15) is 0 Å². The Labute approximate surface area is 99.8 Å². The Balaban J connectivity index is 2.46. The van der Waals surface area contributed by atoms with Crippen LogP contribution in [-0.2, 0) is 4.79 Å². The highest BCUT2D eigenvalue weighted by atomic mass is 32.2. The lowest BCUT2D eigenvalue weighted by molar-refractivity contribution is -0.115. The molecule has 7 heteroatoms. The first kappa shape index (κ1) is 11.8. The molecule has 0 saturated heterocycles. The Hall–Kier alpha value is -1.63. The minimum Gasteiger partial charge on any atom is -0.369 e. The monoisotopic (exact) mass is 257 g/mol. The summed E-state index contributed by atoms with van der Waals surface area (Å²) >= 11 is 0.907. The summed E-state index contributed by atoms with van der Waals surface area (Å²) in [5, 5.41) is 0.0972. The van der Waals surface area contributed by atoms with Gasteiger partial charge < -0.3 is 5.73 Å². The number of fused-ring (bicyclic) bond motifs is 1. The van der Waals surface area contributed by atoms with Crippen LogP contribution < -0.4 is 5.73 Å². The van der Waals surface area contributed by atoms with Crippen molar-refractivity contribution in [2.75, 3.05) is 5.75 Å². The van der Waals surface area contributed by atoms with Crippen molar-refractivity contribution in [1.29, 1.82) is 0 Å². The number of benzene rings is 1. The number of rotatable bonds is 4. The molecular weight excluding hydrogens is 248 g/mol. The maximum atomic E-state index is 12.9. The molecule has 1 aromatic carbocycles. The lowest BCUT2D eigenvalue weighted by atomic mass is 10.3. The third kappa shape index (κ3) is 2.38. The number of primary amides is 1. The lowest BCUT2D eigenvalue weighted by Crippen LogP contribution is -2.14. The Morgan fingerprint density at radius 1 is 1.47 bits per heavy atom. The number of thioether (sulfide) groups is 1. The summed E-state index contributed by atoms with van der Waals surface area (Å²) in [5.41, 5.74) is 5.79. The molecule has 1 amide bonds. The highest BCUT2D eigenvalue weighted by molar-refractivity contribution is 7.99. The molecule has 2 aromatic rings. The molecule has 0 saturated carbocycles. The summed E-state index contributed by atoms with van der Waals surface area (Å²) in [5.74, 6) is -0.640. The van der Waals surface area contributed by atoms with Crippen molar-refractivity contribution in [3.63, 3.8) is 0 Å². The zero-order valence-corrected chi connectivity index (χ0v) is 9.45. The molecule has 2 N–H and O–H groups in total. The number of nitrogens with zero attached hydrogens (tertiary/aromatic N) is 2. The fourth-order valence-corrected chi connectivity index (χ4v) is 2.20. The molecule has 4 nitrogen and oxygen atoms in total. The highest BCUT2D eigenvalue weighted by Crippen LogP contribution is 2.28. The topological polar surface area (TPSA) is 60.9 Å². The Morgan fingerprint density at radius 3 is 2.82 bits per heavy atom. The van der Waals surface area contributed by atoms with Crippen LogP contribution in [0.3, 0.4) is 0 Å². The molecule has 0 atom stereocenters. The maximum absolute atomic E-state index is 12.9. The average Bonchev–Trinajstić information content (AvgIpc) is 2.64. The third-order valence-electron chi connectivity index (χ3n) is 2.10. The van der Waals surface area contributed by atoms with Crippen molar-refractivity contribution >= 4 is 28.7 Å². The number of hydrogen-bond acceptors (Lipinski definition) is 3. The maximum Gasteiger partial charge on any atom is 0.321 e. The van der Waals surface area contributed by atoms with E-state index in [0.717, 1.165) is 16.3 Å². The fraction of sp³-hybridized carbons (Fsp3) is 0.200. The molecule has 2 rings (SSSR count). The van der Waals surface area contributed by atoms with E-state index in [1.54, 1.807) is 24.3 Å². The van der Waals surface area contributed by atoms with Crippen LogP contribution in [0, 0.1) is 0 Å². The third-order valence-corrected chi connectivity index (χ3v) is 3.08. The number of nitrogens with two attached hydrogens (primary N) is 1. The predicted octanol–water partition coefficient (Wildman–Crippen LogP) is 2.01.